The second-order valence-electron chi connectivity index (χ2n) is 4.41. The van der Waals surface area contributed by atoms with Crippen molar-refractivity contribution in [1.82, 2.24) is 19.5 Å². The van der Waals surface area contributed by atoms with Crippen LogP contribution in [0.2, 0.25) is 10.0 Å². The van der Waals surface area contributed by atoms with Gasteiger partial charge >= 0.3 is 5.69 Å². The number of aromatic nitrogens is 4. The number of rotatable bonds is 2. The molecule has 0 fully saturated rings. The van der Waals surface area contributed by atoms with Crippen LogP contribution in [-0.2, 0) is 6.54 Å². The number of aryl methyl sites for hydroxylation is 1. The van der Waals surface area contributed by atoms with Gasteiger partial charge in [-0.25, -0.2) is 9.78 Å². The quantitative estimate of drug-likeness (QED) is 0.759. The second-order valence-corrected chi connectivity index (χ2v) is 5.26. The Morgan fingerprint density at radius 1 is 1.24 bits per heavy atom. The summed E-state index contributed by atoms with van der Waals surface area (Å²) < 4.78 is 1.37. The average molecular weight is 325 g/mol. The molecule has 0 aliphatic rings. The van der Waals surface area contributed by atoms with E-state index >= 15 is 0 Å². The number of benzene rings is 1. The van der Waals surface area contributed by atoms with Crippen molar-refractivity contribution in [2.45, 2.75) is 13.5 Å². The maximum absolute atomic E-state index is 11.9. The lowest BCUT2D eigenvalue weighted by atomic mass is 10.2. The first-order valence-corrected chi connectivity index (χ1v) is 6.95. The summed E-state index contributed by atoms with van der Waals surface area (Å²) in [6, 6.07) is 4.94. The van der Waals surface area contributed by atoms with Crippen LogP contribution in [0.4, 0.5) is 0 Å². The molecule has 0 atom stereocenters. The van der Waals surface area contributed by atoms with Gasteiger partial charge in [0.05, 0.1) is 5.02 Å². The summed E-state index contributed by atoms with van der Waals surface area (Å²) in [5, 5.41) is 0.942. The monoisotopic (exact) mass is 324 g/mol. The second kappa shape index (κ2) is 5.05. The van der Waals surface area contributed by atoms with Crippen LogP contribution < -0.4 is 11.2 Å². The number of nitrogens with one attached hydrogen (secondary N) is 2. The lowest BCUT2D eigenvalue weighted by Crippen LogP contribution is -2.29. The van der Waals surface area contributed by atoms with E-state index < -0.39 is 11.2 Å². The van der Waals surface area contributed by atoms with Crippen molar-refractivity contribution in [1.29, 1.82) is 0 Å². The molecule has 0 radical (unpaired) electrons. The minimum Gasteiger partial charge on any atom is -0.332 e. The highest BCUT2D eigenvalue weighted by Gasteiger charge is 2.15. The van der Waals surface area contributed by atoms with Gasteiger partial charge in [-0.1, -0.05) is 23.2 Å². The molecule has 0 bridgehead atoms. The summed E-state index contributed by atoms with van der Waals surface area (Å²) in [4.78, 5) is 33.1. The Bertz CT molecular complexity index is 955. The molecule has 0 unspecified atom stereocenters. The van der Waals surface area contributed by atoms with Crippen molar-refractivity contribution < 1.29 is 0 Å². The molecule has 108 valence electrons. The SMILES string of the molecule is CCn1c(=O)[nH]c(=O)c2[nH]c(-c3cc(Cl)ccc3Cl)nc21. The van der Waals surface area contributed by atoms with Gasteiger partial charge in [0.25, 0.3) is 5.56 Å². The Morgan fingerprint density at radius 3 is 2.71 bits per heavy atom. The average Bonchev–Trinajstić information content (AvgIpc) is 2.87. The molecule has 2 N–H and O–H groups in total. The molecule has 0 spiro atoms. The van der Waals surface area contributed by atoms with Gasteiger partial charge < -0.3 is 4.98 Å². The fraction of sp³-hybridized carbons (Fsp3) is 0.154. The van der Waals surface area contributed by atoms with Crippen LogP contribution in [0.1, 0.15) is 6.92 Å². The normalized spacial score (nSPS) is 11.2. The molecule has 0 saturated heterocycles. The van der Waals surface area contributed by atoms with E-state index in [2.05, 4.69) is 15.0 Å². The Hall–Kier alpha value is -2.05. The molecule has 8 heteroatoms. The number of halogens is 2. The molecule has 0 saturated carbocycles. The fourth-order valence-corrected chi connectivity index (χ4v) is 2.52. The molecule has 3 aromatic rings. The van der Waals surface area contributed by atoms with E-state index in [1.807, 2.05) is 0 Å². The topological polar surface area (TPSA) is 83.5 Å². The third-order valence-electron chi connectivity index (χ3n) is 3.13. The highest BCUT2D eigenvalue weighted by molar-refractivity contribution is 6.35. The molecule has 0 amide bonds. The van der Waals surface area contributed by atoms with E-state index in [1.165, 1.54) is 4.57 Å². The van der Waals surface area contributed by atoms with Gasteiger partial charge in [-0.2, -0.15) is 0 Å². The molecule has 2 aromatic heterocycles. The number of nitrogens with zero attached hydrogens (tertiary/aromatic N) is 2. The standard InChI is InChI=1S/C13H10Cl2N4O2/c1-2-19-11-9(12(20)18-13(19)21)16-10(17-11)7-5-6(14)3-4-8(7)15/h3-5H,2H2,1H3,(H,16,17)(H,18,20,21). The largest absolute Gasteiger partial charge is 0.332 e. The van der Waals surface area contributed by atoms with Crippen LogP contribution in [0.15, 0.2) is 27.8 Å². The van der Waals surface area contributed by atoms with Gasteiger partial charge in [0.2, 0.25) is 0 Å². The summed E-state index contributed by atoms with van der Waals surface area (Å²) in [6.45, 7) is 2.18. The third-order valence-corrected chi connectivity index (χ3v) is 3.70. The van der Waals surface area contributed by atoms with Gasteiger partial charge in [-0.05, 0) is 25.1 Å². The summed E-state index contributed by atoms with van der Waals surface area (Å²) in [5.41, 5.74) is 0.0662. The van der Waals surface area contributed by atoms with E-state index in [0.29, 0.717) is 28.0 Å². The Kier molecular flexibility index (Phi) is 3.35. The van der Waals surface area contributed by atoms with Crippen molar-refractivity contribution in [2.24, 2.45) is 0 Å². The van der Waals surface area contributed by atoms with Gasteiger partial charge in [0, 0.05) is 17.1 Å². The van der Waals surface area contributed by atoms with Crippen LogP contribution in [0.5, 0.6) is 0 Å². The zero-order valence-electron chi connectivity index (χ0n) is 10.9. The van der Waals surface area contributed by atoms with E-state index in [4.69, 9.17) is 23.2 Å². The Labute approximate surface area is 128 Å². The minimum absolute atomic E-state index is 0.225. The lowest BCUT2D eigenvalue weighted by molar-refractivity contribution is 0.720. The lowest BCUT2D eigenvalue weighted by Gasteiger charge is -2.01. The van der Waals surface area contributed by atoms with Crippen LogP contribution >= 0.6 is 23.2 Å². The fourth-order valence-electron chi connectivity index (χ4n) is 2.14. The molecule has 6 nitrogen and oxygen atoms in total. The Balaban J connectivity index is 2.36. The number of hydrogen-bond donors (Lipinski definition) is 2. The van der Waals surface area contributed by atoms with Gasteiger partial charge in [-0.15, -0.1) is 0 Å². The summed E-state index contributed by atoms with van der Waals surface area (Å²) in [6.07, 6.45) is 0. The summed E-state index contributed by atoms with van der Waals surface area (Å²) in [7, 11) is 0. The van der Waals surface area contributed by atoms with Crippen molar-refractivity contribution in [2.75, 3.05) is 0 Å². The number of fused-ring (bicyclic) bond motifs is 1. The number of hydrogen-bond acceptors (Lipinski definition) is 3. The third kappa shape index (κ3) is 2.26. The van der Waals surface area contributed by atoms with Gasteiger partial charge in [0.1, 0.15) is 11.3 Å². The van der Waals surface area contributed by atoms with Crippen molar-refractivity contribution in [3.8, 4) is 11.4 Å². The smallest absolute Gasteiger partial charge is 0.330 e. The van der Waals surface area contributed by atoms with E-state index in [0.717, 1.165) is 0 Å². The summed E-state index contributed by atoms with van der Waals surface area (Å²) >= 11 is 12.1. The van der Waals surface area contributed by atoms with E-state index in [-0.39, 0.29) is 11.2 Å². The highest BCUT2D eigenvalue weighted by Crippen LogP contribution is 2.29. The Morgan fingerprint density at radius 2 is 2.00 bits per heavy atom. The van der Waals surface area contributed by atoms with Gasteiger partial charge in [-0.3, -0.25) is 14.3 Å². The van der Waals surface area contributed by atoms with Gasteiger partial charge in [0.15, 0.2) is 5.65 Å². The molecule has 0 aliphatic carbocycles. The molecule has 1 aromatic carbocycles. The number of aromatic amines is 2. The molecule has 2 heterocycles. The summed E-state index contributed by atoms with van der Waals surface area (Å²) in [5.74, 6) is 0.385. The maximum Gasteiger partial charge on any atom is 0.330 e. The van der Waals surface area contributed by atoms with E-state index in [1.54, 1.807) is 25.1 Å². The van der Waals surface area contributed by atoms with Crippen molar-refractivity contribution in [3.63, 3.8) is 0 Å². The molecule has 21 heavy (non-hydrogen) atoms. The zero-order chi connectivity index (χ0) is 15.1. The highest BCUT2D eigenvalue weighted by atomic mass is 35.5. The molecule has 3 rings (SSSR count). The van der Waals surface area contributed by atoms with Crippen molar-refractivity contribution in [3.05, 3.63) is 49.1 Å². The first kappa shape index (κ1) is 13.9. The van der Waals surface area contributed by atoms with Crippen LogP contribution in [0.3, 0.4) is 0 Å². The van der Waals surface area contributed by atoms with Crippen LogP contribution in [-0.4, -0.2) is 19.5 Å². The predicted molar refractivity (Wildman–Crippen MR) is 82.1 cm³/mol. The number of imidazole rings is 1. The van der Waals surface area contributed by atoms with Crippen LogP contribution in [0, 0.1) is 0 Å². The first-order valence-electron chi connectivity index (χ1n) is 6.19. The van der Waals surface area contributed by atoms with Crippen molar-refractivity contribution >= 4 is 34.4 Å². The minimum atomic E-state index is -0.517. The maximum atomic E-state index is 11.9. The molecule has 0 aliphatic heterocycles. The molecular formula is C13H10Cl2N4O2. The molecular weight excluding hydrogens is 315 g/mol. The zero-order valence-corrected chi connectivity index (χ0v) is 12.4. The van der Waals surface area contributed by atoms with Crippen LogP contribution in [0.25, 0.3) is 22.6 Å². The van der Waals surface area contributed by atoms with E-state index in [9.17, 15) is 9.59 Å². The predicted octanol–water partition coefficient (Wildman–Crippen LogP) is 2.41. The number of H-pyrrole nitrogens is 2. The first-order chi connectivity index (χ1) is 10.0.